The Hall–Kier alpha value is -1.07. The van der Waals surface area contributed by atoms with Crippen molar-refractivity contribution in [2.24, 2.45) is 5.73 Å². The molecule has 0 aliphatic carbocycles. The van der Waals surface area contributed by atoms with Crippen LogP contribution in [0.1, 0.15) is 24.9 Å². The Morgan fingerprint density at radius 3 is 2.44 bits per heavy atom. The van der Waals surface area contributed by atoms with Gasteiger partial charge >= 0.3 is 0 Å². The van der Waals surface area contributed by atoms with Crippen molar-refractivity contribution in [3.8, 4) is 11.5 Å². The van der Waals surface area contributed by atoms with Gasteiger partial charge in [0.25, 0.3) is 0 Å². The minimum absolute atomic E-state index is 0.0186. The summed E-state index contributed by atoms with van der Waals surface area (Å²) < 4.78 is 7.10. The van der Waals surface area contributed by atoms with Crippen LogP contribution in [0.5, 0.6) is 11.5 Å². The first kappa shape index (κ1) is 13.4. The fraction of sp³-hybridized carbons (Fsp3) is 0.200. The normalized spacial score (nSPS) is 12.2. The molecule has 3 heteroatoms. The summed E-state index contributed by atoms with van der Waals surface area (Å²) >= 11 is 2.28. The van der Waals surface area contributed by atoms with Crippen LogP contribution in [0, 0.1) is 3.57 Å². The van der Waals surface area contributed by atoms with E-state index in [1.807, 2.05) is 48.5 Å². The van der Waals surface area contributed by atoms with E-state index in [2.05, 4.69) is 29.5 Å². The Balaban J connectivity index is 2.26. The highest BCUT2D eigenvalue weighted by Gasteiger charge is 2.10. The lowest BCUT2D eigenvalue weighted by Gasteiger charge is -2.15. The smallest absolute Gasteiger partial charge is 0.132 e. The van der Waals surface area contributed by atoms with Gasteiger partial charge in [0.05, 0.1) is 0 Å². The third-order valence-electron chi connectivity index (χ3n) is 2.80. The molecule has 0 heterocycles. The van der Waals surface area contributed by atoms with Crippen molar-refractivity contribution in [3.05, 3.63) is 57.7 Å². The molecule has 0 spiro atoms. The van der Waals surface area contributed by atoms with E-state index in [-0.39, 0.29) is 6.04 Å². The molecule has 0 bridgehead atoms. The van der Waals surface area contributed by atoms with Crippen LogP contribution in [-0.4, -0.2) is 0 Å². The predicted octanol–water partition coefficient (Wildman–Crippen LogP) is 4.49. The average Bonchev–Trinajstić information content (AvgIpc) is 2.41. The van der Waals surface area contributed by atoms with Gasteiger partial charge in [0.1, 0.15) is 11.5 Å². The third-order valence-corrected chi connectivity index (χ3v) is 3.52. The van der Waals surface area contributed by atoms with Gasteiger partial charge in [-0.25, -0.2) is 0 Å². The highest BCUT2D eigenvalue weighted by atomic mass is 127. The Kier molecular flexibility index (Phi) is 4.60. The third kappa shape index (κ3) is 3.23. The molecular formula is C15H16INO. The van der Waals surface area contributed by atoms with Crippen molar-refractivity contribution in [1.29, 1.82) is 0 Å². The van der Waals surface area contributed by atoms with E-state index in [1.54, 1.807) is 0 Å². The Bertz CT molecular complexity index is 510. The monoisotopic (exact) mass is 353 g/mol. The fourth-order valence-corrected chi connectivity index (χ4v) is 2.09. The van der Waals surface area contributed by atoms with Crippen LogP contribution in [0.4, 0.5) is 0 Å². The molecule has 0 fully saturated rings. The largest absolute Gasteiger partial charge is 0.457 e. The van der Waals surface area contributed by atoms with Gasteiger partial charge in [-0.3, -0.25) is 0 Å². The Morgan fingerprint density at radius 1 is 1.11 bits per heavy atom. The first-order valence-corrected chi connectivity index (χ1v) is 7.06. The molecule has 0 amide bonds. The van der Waals surface area contributed by atoms with E-state index in [9.17, 15) is 0 Å². The van der Waals surface area contributed by atoms with E-state index in [4.69, 9.17) is 10.5 Å². The summed E-state index contributed by atoms with van der Waals surface area (Å²) in [7, 11) is 0. The van der Waals surface area contributed by atoms with Crippen molar-refractivity contribution < 1.29 is 4.74 Å². The SMILES string of the molecule is CCC(N)c1ccccc1Oc1ccc(I)cc1. The van der Waals surface area contributed by atoms with Crippen LogP contribution in [-0.2, 0) is 0 Å². The molecule has 0 aliphatic heterocycles. The van der Waals surface area contributed by atoms with E-state index < -0.39 is 0 Å². The van der Waals surface area contributed by atoms with E-state index in [1.165, 1.54) is 3.57 Å². The minimum atomic E-state index is 0.0186. The minimum Gasteiger partial charge on any atom is -0.457 e. The van der Waals surface area contributed by atoms with Crippen molar-refractivity contribution in [1.82, 2.24) is 0 Å². The predicted molar refractivity (Wildman–Crippen MR) is 82.9 cm³/mol. The quantitative estimate of drug-likeness (QED) is 0.822. The lowest BCUT2D eigenvalue weighted by Crippen LogP contribution is -2.09. The van der Waals surface area contributed by atoms with Crippen molar-refractivity contribution in [3.63, 3.8) is 0 Å². The number of ether oxygens (including phenoxy) is 1. The molecule has 0 radical (unpaired) electrons. The summed E-state index contributed by atoms with van der Waals surface area (Å²) in [5.41, 5.74) is 7.15. The van der Waals surface area contributed by atoms with E-state index >= 15 is 0 Å². The fourth-order valence-electron chi connectivity index (χ4n) is 1.73. The van der Waals surface area contributed by atoms with Crippen LogP contribution in [0.25, 0.3) is 0 Å². The molecule has 0 saturated heterocycles. The second-order valence-electron chi connectivity index (χ2n) is 4.11. The van der Waals surface area contributed by atoms with Gasteiger partial charge in [0.15, 0.2) is 0 Å². The molecular weight excluding hydrogens is 337 g/mol. The molecule has 2 nitrogen and oxygen atoms in total. The van der Waals surface area contributed by atoms with Crippen molar-refractivity contribution in [2.75, 3.05) is 0 Å². The number of hydrogen-bond donors (Lipinski definition) is 1. The van der Waals surface area contributed by atoms with E-state index in [0.29, 0.717) is 0 Å². The van der Waals surface area contributed by atoms with Gasteiger partial charge in [0, 0.05) is 15.2 Å². The van der Waals surface area contributed by atoms with E-state index in [0.717, 1.165) is 23.5 Å². The summed E-state index contributed by atoms with van der Waals surface area (Å²) in [5.74, 6) is 1.68. The number of para-hydroxylation sites is 1. The second-order valence-corrected chi connectivity index (χ2v) is 5.35. The van der Waals surface area contributed by atoms with Gasteiger partial charge in [0.2, 0.25) is 0 Å². The molecule has 2 rings (SSSR count). The maximum atomic E-state index is 6.09. The zero-order valence-electron chi connectivity index (χ0n) is 10.3. The number of nitrogens with two attached hydrogens (primary N) is 1. The molecule has 94 valence electrons. The first-order valence-electron chi connectivity index (χ1n) is 5.98. The summed E-state index contributed by atoms with van der Waals surface area (Å²) in [6.45, 7) is 2.08. The number of halogens is 1. The Labute approximate surface area is 121 Å². The van der Waals surface area contributed by atoms with Crippen LogP contribution in [0.15, 0.2) is 48.5 Å². The van der Waals surface area contributed by atoms with Crippen LogP contribution in [0.3, 0.4) is 0 Å². The van der Waals surface area contributed by atoms with Crippen LogP contribution >= 0.6 is 22.6 Å². The van der Waals surface area contributed by atoms with Gasteiger partial charge in [-0.05, 0) is 59.3 Å². The number of benzene rings is 2. The number of rotatable bonds is 4. The second kappa shape index (κ2) is 6.20. The molecule has 0 saturated carbocycles. The topological polar surface area (TPSA) is 35.2 Å². The molecule has 1 atom stereocenters. The average molecular weight is 353 g/mol. The zero-order chi connectivity index (χ0) is 13.0. The number of hydrogen-bond acceptors (Lipinski definition) is 2. The molecule has 0 aromatic heterocycles. The first-order chi connectivity index (χ1) is 8.70. The lowest BCUT2D eigenvalue weighted by atomic mass is 10.0. The summed E-state index contributed by atoms with van der Waals surface area (Å²) in [5, 5.41) is 0. The molecule has 0 aliphatic rings. The van der Waals surface area contributed by atoms with Gasteiger partial charge < -0.3 is 10.5 Å². The summed E-state index contributed by atoms with van der Waals surface area (Å²) in [6, 6.07) is 16.0. The van der Waals surface area contributed by atoms with Gasteiger partial charge in [-0.15, -0.1) is 0 Å². The Morgan fingerprint density at radius 2 is 1.78 bits per heavy atom. The molecule has 2 N–H and O–H groups in total. The standard InChI is InChI=1S/C15H16INO/c1-2-14(17)13-5-3-4-6-15(13)18-12-9-7-11(16)8-10-12/h3-10,14H,2,17H2,1H3. The summed E-state index contributed by atoms with van der Waals surface area (Å²) in [4.78, 5) is 0. The molecule has 18 heavy (non-hydrogen) atoms. The molecule has 1 unspecified atom stereocenters. The van der Waals surface area contributed by atoms with Crippen LogP contribution in [0.2, 0.25) is 0 Å². The maximum absolute atomic E-state index is 6.09. The lowest BCUT2D eigenvalue weighted by molar-refractivity contribution is 0.468. The molecule has 2 aromatic rings. The highest BCUT2D eigenvalue weighted by molar-refractivity contribution is 14.1. The van der Waals surface area contributed by atoms with Gasteiger partial charge in [-0.1, -0.05) is 25.1 Å². The van der Waals surface area contributed by atoms with Crippen molar-refractivity contribution in [2.45, 2.75) is 19.4 Å². The zero-order valence-corrected chi connectivity index (χ0v) is 12.4. The van der Waals surface area contributed by atoms with Gasteiger partial charge in [-0.2, -0.15) is 0 Å². The highest BCUT2D eigenvalue weighted by Crippen LogP contribution is 2.29. The van der Waals surface area contributed by atoms with Crippen LogP contribution < -0.4 is 10.5 Å². The summed E-state index contributed by atoms with van der Waals surface area (Å²) in [6.07, 6.45) is 0.896. The van der Waals surface area contributed by atoms with Crippen molar-refractivity contribution >= 4 is 22.6 Å². The molecule has 2 aromatic carbocycles. The maximum Gasteiger partial charge on any atom is 0.132 e.